The highest BCUT2D eigenvalue weighted by atomic mass is 32.2. The Bertz CT molecular complexity index is 527. The molecule has 1 aromatic rings. The molecule has 1 fully saturated rings. The van der Waals surface area contributed by atoms with Gasteiger partial charge in [-0.3, -0.25) is 0 Å². The van der Waals surface area contributed by atoms with Gasteiger partial charge in [-0.1, -0.05) is 6.92 Å². The van der Waals surface area contributed by atoms with E-state index in [-0.39, 0.29) is 6.04 Å². The number of nitrogens with zero attached hydrogens (tertiary/aromatic N) is 1. The van der Waals surface area contributed by atoms with Gasteiger partial charge < -0.3 is 10.2 Å². The van der Waals surface area contributed by atoms with Crippen LogP contribution >= 0.6 is 11.3 Å². The molecule has 1 unspecified atom stereocenters. The van der Waals surface area contributed by atoms with Crippen molar-refractivity contribution in [2.24, 2.45) is 0 Å². The van der Waals surface area contributed by atoms with Gasteiger partial charge in [-0.2, -0.15) is 0 Å². The number of likely N-dealkylation sites (N-methyl/N-ethyl adjacent to an activating group) is 2. The summed E-state index contributed by atoms with van der Waals surface area (Å²) in [4.78, 5) is 3.25. The van der Waals surface area contributed by atoms with Crippen LogP contribution in [0.1, 0.15) is 18.2 Å². The van der Waals surface area contributed by atoms with Crippen molar-refractivity contribution in [3.63, 3.8) is 0 Å². The molecule has 0 bridgehead atoms. The molecule has 1 aliphatic rings. The van der Waals surface area contributed by atoms with Crippen LogP contribution in [0.25, 0.3) is 0 Å². The third-order valence-electron chi connectivity index (χ3n) is 3.41. The standard InChI is InChI=1S/C13H23N3O2S2/c1-3-14-8-6-12-4-5-13(19-12)20(17,18)15-11-7-9-16(2)10-11/h4-5,11,14-15H,3,6-10H2,1-2H3. The van der Waals surface area contributed by atoms with Crippen LogP contribution in [0.3, 0.4) is 0 Å². The topological polar surface area (TPSA) is 61.4 Å². The number of likely N-dealkylation sites (tertiary alicyclic amines) is 1. The van der Waals surface area contributed by atoms with Crippen molar-refractivity contribution >= 4 is 21.4 Å². The molecule has 0 amide bonds. The molecule has 1 saturated heterocycles. The number of hydrogen-bond donors (Lipinski definition) is 2. The van der Waals surface area contributed by atoms with Crippen LogP contribution in [0.15, 0.2) is 16.3 Å². The summed E-state index contributed by atoms with van der Waals surface area (Å²) in [5.41, 5.74) is 0. The Kier molecular flexibility index (Phi) is 5.57. The second-order valence-corrected chi connectivity index (χ2v) is 8.30. The van der Waals surface area contributed by atoms with E-state index in [1.807, 2.05) is 13.1 Å². The summed E-state index contributed by atoms with van der Waals surface area (Å²) >= 11 is 1.37. The first-order valence-electron chi connectivity index (χ1n) is 7.01. The molecule has 0 aromatic carbocycles. The number of nitrogens with one attached hydrogen (secondary N) is 2. The summed E-state index contributed by atoms with van der Waals surface area (Å²) in [5.74, 6) is 0. The fraction of sp³-hybridized carbons (Fsp3) is 0.692. The molecule has 1 aromatic heterocycles. The van der Waals surface area contributed by atoms with Gasteiger partial charge in [0.05, 0.1) is 0 Å². The van der Waals surface area contributed by atoms with Crippen LogP contribution in [-0.2, 0) is 16.4 Å². The van der Waals surface area contributed by atoms with Crippen LogP contribution in [0.5, 0.6) is 0 Å². The normalized spacial score (nSPS) is 20.6. The van der Waals surface area contributed by atoms with Gasteiger partial charge in [-0.15, -0.1) is 11.3 Å². The van der Waals surface area contributed by atoms with Crippen LogP contribution in [0.4, 0.5) is 0 Å². The number of sulfonamides is 1. The third-order valence-corrected chi connectivity index (χ3v) is 6.57. The molecule has 1 atom stereocenters. The van der Waals surface area contributed by atoms with Gasteiger partial charge in [0.15, 0.2) is 0 Å². The lowest BCUT2D eigenvalue weighted by atomic mass is 10.3. The van der Waals surface area contributed by atoms with E-state index < -0.39 is 10.0 Å². The lowest BCUT2D eigenvalue weighted by Gasteiger charge is -2.12. The fourth-order valence-corrected chi connectivity index (χ4v) is 4.97. The summed E-state index contributed by atoms with van der Waals surface area (Å²) in [5, 5.41) is 3.24. The van der Waals surface area contributed by atoms with E-state index in [0.717, 1.165) is 43.9 Å². The highest BCUT2D eigenvalue weighted by molar-refractivity contribution is 7.91. The summed E-state index contributed by atoms with van der Waals surface area (Å²) in [6, 6.07) is 3.67. The summed E-state index contributed by atoms with van der Waals surface area (Å²) in [6.07, 6.45) is 1.76. The SMILES string of the molecule is CCNCCc1ccc(S(=O)(=O)NC2CCN(C)C2)s1. The third kappa shape index (κ3) is 4.26. The Morgan fingerprint density at radius 2 is 2.25 bits per heavy atom. The van der Waals surface area contributed by atoms with Crippen molar-refractivity contribution in [1.82, 2.24) is 14.9 Å². The van der Waals surface area contributed by atoms with Gasteiger partial charge in [0, 0.05) is 17.5 Å². The molecule has 2 heterocycles. The minimum absolute atomic E-state index is 0.0392. The lowest BCUT2D eigenvalue weighted by Crippen LogP contribution is -2.36. The van der Waals surface area contributed by atoms with E-state index in [9.17, 15) is 8.42 Å². The van der Waals surface area contributed by atoms with Crippen molar-refractivity contribution in [2.45, 2.75) is 30.0 Å². The van der Waals surface area contributed by atoms with Crippen molar-refractivity contribution < 1.29 is 8.42 Å². The minimum atomic E-state index is -3.36. The second-order valence-electron chi connectivity index (χ2n) is 5.19. The average Bonchev–Trinajstić information content (AvgIpc) is 2.99. The van der Waals surface area contributed by atoms with E-state index in [2.05, 4.69) is 21.9 Å². The summed E-state index contributed by atoms with van der Waals surface area (Å²) in [6.45, 7) is 5.63. The molecule has 1 aliphatic heterocycles. The Morgan fingerprint density at radius 1 is 1.45 bits per heavy atom. The number of hydrogen-bond acceptors (Lipinski definition) is 5. The fourth-order valence-electron chi connectivity index (χ4n) is 2.33. The second kappa shape index (κ2) is 7.00. The van der Waals surface area contributed by atoms with Gasteiger partial charge in [0.2, 0.25) is 10.0 Å². The van der Waals surface area contributed by atoms with Crippen molar-refractivity contribution in [1.29, 1.82) is 0 Å². The Labute approximate surface area is 125 Å². The molecule has 2 N–H and O–H groups in total. The van der Waals surface area contributed by atoms with Crippen LogP contribution in [0, 0.1) is 0 Å². The molecule has 0 spiro atoms. The van der Waals surface area contributed by atoms with Crippen molar-refractivity contribution in [2.75, 3.05) is 33.2 Å². The maximum Gasteiger partial charge on any atom is 0.250 e. The molecule has 0 aliphatic carbocycles. The predicted molar refractivity (Wildman–Crippen MR) is 82.8 cm³/mol. The van der Waals surface area contributed by atoms with Gasteiger partial charge in [-0.05, 0) is 51.7 Å². The smallest absolute Gasteiger partial charge is 0.250 e. The molecule has 0 saturated carbocycles. The summed E-state index contributed by atoms with van der Waals surface area (Å²) in [7, 11) is -1.34. The first kappa shape index (κ1) is 15.9. The zero-order chi connectivity index (χ0) is 14.6. The van der Waals surface area contributed by atoms with Gasteiger partial charge >= 0.3 is 0 Å². The highest BCUT2D eigenvalue weighted by Crippen LogP contribution is 2.22. The zero-order valence-electron chi connectivity index (χ0n) is 12.1. The lowest BCUT2D eigenvalue weighted by molar-refractivity contribution is 0.407. The quantitative estimate of drug-likeness (QED) is 0.733. The molecule has 2 rings (SSSR count). The Morgan fingerprint density at radius 3 is 2.90 bits per heavy atom. The maximum absolute atomic E-state index is 12.3. The Balaban J connectivity index is 1.95. The van der Waals surface area contributed by atoms with E-state index in [1.54, 1.807) is 6.07 Å². The van der Waals surface area contributed by atoms with Crippen molar-refractivity contribution in [3.05, 3.63) is 17.0 Å². The first-order valence-corrected chi connectivity index (χ1v) is 9.31. The summed E-state index contributed by atoms with van der Waals surface area (Å²) < 4.78 is 27.8. The molecule has 5 nitrogen and oxygen atoms in total. The minimum Gasteiger partial charge on any atom is -0.317 e. The predicted octanol–water partition coefficient (Wildman–Crippen LogP) is 0.882. The average molecular weight is 317 g/mol. The molecule has 114 valence electrons. The van der Waals surface area contributed by atoms with E-state index in [0.29, 0.717) is 4.21 Å². The van der Waals surface area contributed by atoms with E-state index in [4.69, 9.17) is 0 Å². The zero-order valence-corrected chi connectivity index (χ0v) is 13.7. The maximum atomic E-state index is 12.3. The van der Waals surface area contributed by atoms with Crippen LogP contribution in [-0.4, -0.2) is 52.6 Å². The molecular formula is C13H23N3O2S2. The number of thiophene rings is 1. The van der Waals surface area contributed by atoms with Gasteiger partial charge in [0.25, 0.3) is 0 Å². The molecule has 0 radical (unpaired) electrons. The molecule has 20 heavy (non-hydrogen) atoms. The molecular weight excluding hydrogens is 294 g/mol. The monoisotopic (exact) mass is 317 g/mol. The Hall–Kier alpha value is -0.470. The van der Waals surface area contributed by atoms with Crippen LogP contribution < -0.4 is 10.0 Å². The largest absolute Gasteiger partial charge is 0.317 e. The highest BCUT2D eigenvalue weighted by Gasteiger charge is 2.26. The van der Waals surface area contributed by atoms with Crippen molar-refractivity contribution in [3.8, 4) is 0 Å². The number of rotatable bonds is 7. The first-order chi connectivity index (χ1) is 9.51. The van der Waals surface area contributed by atoms with Gasteiger partial charge in [-0.25, -0.2) is 13.1 Å². The van der Waals surface area contributed by atoms with Gasteiger partial charge in [0.1, 0.15) is 4.21 Å². The van der Waals surface area contributed by atoms with E-state index in [1.165, 1.54) is 11.3 Å². The molecule has 7 heteroatoms. The van der Waals surface area contributed by atoms with E-state index >= 15 is 0 Å². The van der Waals surface area contributed by atoms with Crippen LogP contribution in [0.2, 0.25) is 0 Å².